The second kappa shape index (κ2) is 10.1. The predicted octanol–water partition coefficient (Wildman–Crippen LogP) is 10.7. The Hall–Kier alpha value is -6.26. The van der Waals surface area contributed by atoms with E-state index in [9.17, 15) is 0 Å². The summed E-state index contributed by atoms with van der Waals surface area (Å²) in [5, 5.41) is 15.4. The van der Waals surface area contributed by atoms with E-state index in [-0.39, 0.29) is 6.17 Å². The van der Waals surface area contributed by atoms with Crippen molar-refractivity contribution >= 4 is 76.7 Å². The SMILES string of the molecule is c1ccc2cc(C3N=C(c4cc5c6ccccc6ccc5c5ccccc45)N=C(c4cccc5oc6ccccc6c45)N3)ccc2c1. The molecule has 2 heterocycles. The number of hydrogen-bond acceptors (Lipinski definition) is 4. The second-order valence-corrected chi connectivity index (χ2v) is 12.2. The van der Waals surface area contributed by atoms with Crippen molar-refractivity contribution < 1.29 is 4.42 Å². The van der Waals surface area contributed by atoms with E-state index in [4.69, 9.17) is 14.4 Å². The van der Waals surface area contributed by atoms with Crippen molar-refractivity contribution in [2.24, 2.45) is 9.98 Å². The van der Waals surface area contributed by atoms with Gasteiger partial charge in [-0.25, -0.2) is 9.98 Å². The highest BCUT2D eigenvalue weighted by Crippen LogP contribution is 2.37. The third kappa shape index (κ3) is 4.08. The van der Waals surface area contributed by atoms with Crippen LogP contribution in [0.5, 0.6) is 0 Å². The summed E-state index contributed by atoms with van der Waals surface area (Å²) in [7, 11) is 0. The fourth-order valence-corrected chi connectivity index (χ4v) is 7.27. The monoisotopic (exact) mass is 601 g/mol. The van der Waals surface area contributed by atoms with Gasteiger partial charge in [0.15, 0.2) is 5.84 Å². The topological polar surface area (TPSA) is 49.9 Å². The van der Waals surface area contributed by atoms with E-state index >= 15 is 0 Å². The number of amidine groups is 2. The molecule has 47 heavy (non-hydrogen) atoms. The van der Waals surface area contributed by atoms with Gasteiger partial charge in [0.2, 0.25) is 0 Å². The number of fused-ring (bicyclic) bond motifs is 9. The van der Waals surface area contributed by atoms with E-state index in [1.165, 1.54) is 37.7 Å². The lowest BCUT2D eigenvalue weighted by Gasteiger charge is -2.25. The fraction of sp³-hybridized carbons (Fsp3) is 0.0233. The highest BCUT2D eigenvalue weighted by molar-refractivity contribution is 6.27. The molecule has 0 bridgehead atoms. The standard InChI is InChI=1S/C43H27N3O/c1-2-12-28-24-29(21-20-26(28)10-1)41-44-42(35-17-9-19-39-40(35)34-16-7-8-18-38(34)47-39)46-43(45-41)37-25-36-30-13-4-3-11-27(30)22-23-33(36)31-14-5-6-15-32(31)37/h1-25,41H,(H,44,45,46). The lowest BCUT2D eigenvalue weighted by Crippen LogP contribution is -2.33. The molecule has 1 atom stereocenters. The van der Waals surface area contributed by atoms with Crippen molar-refractivity contribution in [3.05, 3.63) is 168 Å². The normalized spacial score (nSPS) is 15.0. The number of aliphatic imine (C=N–C) groups is 2. The van der Waals surface area contributed by atoms with Gasteiger partial charge in [-0.05, 0) is 72.9 Å². The number of nitrogens with zero attached hydrogens (tertiary/aromatic N) is 2. The number of furan rings is 1. The van der Waals surface area contributed by atoms with Crippen LogP contribution in [0, 0.1) is 0 Å². The van der Waals surface area contributed by atoms with Gasteiger partial charge in [0, 0.05) is 21.9 Å². The van der Waals surface area contributed by atoms with Gasteiger partial charge < -0.3 is 9.73 Å². The van der Waals surface area contributed by atoms with E-state index < -0.39 is 0 Å². The zero-order valence-electron chi connectivity index (χ0n) is 25.3. The summed E-state index contributed by atoms with van der Waals surface area (Å²) < 4.78 is 6.29. The highest BCUT2D eigenvalue weighted by Gasteiger charge is 2.25. The molecule has 4 nitrogen and oxygen atoms in total. The molecule has 8 aromatic carbocycles. The Morgan fingerprint density at radius 1 is 0.468 bits per heavy atom. The summed E-state index contributed by atoms with van der Waals surface area (Å²) in [6, 6.07) is 53.4. The summed E-state index contributed by atoms with van der Waals surface area (Å²) in [4.78, 5) is 10.7. The van der Waals surface area contributed by atoms with E-state index in [2.05, 4.69) is 133 Å². The Morgan fingerprint density at radius 3 is 2.04 bits per heavy atom. The molecule has 0 saturated heterocycles. The quantitative estimate of drug-likeness (QED) is 0.205. The molecular formula is C43H27N3O. The summed E-state index contributed by atoms with van der Waals surface area (Å²) in [6.07, 6.45) is -0.350. The van der Waals surface area contributed by atoms with Crippen molar-refractivity contribution in [2.75, 3.05) is 0 Å². The molecular weight excluding hydrogens is 574 g/mol. The van der Waals surface area contributed by atoms with Gasteiger partial charge in [-0.3, -0.25) is 0 Å². The van der Waals surface area contributed by atoms with Gasteiger partial charge in [0.25, 0.3) is 0 Å². The van der Waals surface area contributed by atoms with Crippen molar-refractivity contribution in [1.29, 1.82) is 0 Å². The van der Waals surface area contributed by atoms with Crippen LogP contribution in [0.15, 0.2) is 166 Å². The summed E-state index contributed by atoms with van der Waals surface area (Å²) in [6.45, 7) is 0. The molecule has 1 aliphatic heterocycles. The number of hydrogen-bond donors (Lipinski definition) is 1. The van der Waals surface area contributed by atoms with Crippen molar-refractivity contribution in [3.8, 4) is 0 Å². The van der Waals surface area contributed by atoms with Gasteiger partial charge in [-0.1, -0.05) is 127 Å². The summed E-state index contributed by atoms with van der Waals surface area (Å²) in [5.74, 6) is 1.47. The lowest BCUT2D eigenvalue weighted by atomic mass is 9.93. The molecule has 9 aromatic rings. The number of benzene rings is 8. The van der Waals surface area contributed by atoms with Gasteiger partial charge in [-0.2, -0.15) is 0 Å². The predicted molar refractivity (Wildman–Crippen MR) is 196 cm³/mol. The minimum absolute atomic E-state index is 0.350. The molecule has 0 amide bonds. The van der Waals surface area contributed by atoms with E-state index in [1.807, 2.05) is 24.3 Å². The Labute approximate surface area is 270 Å². The van der Waals surface area contributed by atoms with Gasteiger partial charge >= 0.3 is 0 Å². The van der Waals surface area contributed by atoms with Gasteiger partial charge in [-0.15, -0.1) is 0 Å². The zero-order valence-corrected chi connectivity index (χ0v) is 25.3. The average molecular weight is 602 g/mol. The Morgan fingerprint density at radius 2 is 1.15 bits per heavy atom. The third-order valence-corrected chi connectivity index (χ3v) is 9.50. The van der Waals surface area contributed by atoms with Crippen LogP contribution in [0.2, 0.25) is 0 Å². The van der Waals surface area contributed by atoms with Crippen LogP contribution in [-0.4, -0.2) is 11.7 Å². The fourth-order valence-electron chi connectivity index (χ4n) is 7.27. The molecule has 0 saturated carbocycles. The zero-order chi connectivity index (χ0) is 30.9. The second-order valence-electron chi connectivity index (χ2n) is 12.2. The first-order chi connectivity index (χ1) is 23.3. The van der Waals surface area contributed by atoms with Crippen molar-refractivity contribution in [2.45, 2.75) is 6.17 Å². The summed E-state index contributed by atoms with van der Waals surface area (Å²) in [5.41, 5.74) is 4.77. The first-order valence-electron chi connectivity index (χ1n) is 15.9. The van der Waals surface area contributed by atoms with Crippen LogP contribution in [0.4, 0.5) is 0 Å². The van der Waals surface area contributed by atoms with Gasteiger partial charge in [0.1, 0.15) is 23.2 Å². The van der Waals surface area contributed by atoms with Crippen LogP contribution < -0.4 is 5.32 Å². The van der Waals surface area contributed by atoms with Crippen molar-refractivity contribution in [3.63, 3.8) is 0 Å². The smallest absolute Gasteiger partial charge is 0.160 e. The molecule has 0 aliphatic carbocycles. The lowest BCUT2D eigenvalue weighted by molar-refractivity contribution is 0.668. The molecule has 1 aliphatic rings. The largest absolute Gasteiger partial charge is 0.456 e. The van der Waals surface area contributed by atoms with Crippen molar-refractivity contribution in [1.82, 2.24) is 5.32 Å². The van der Waals surface area contributed by atoms with E-state index in [1.54, 1.807) is 0 Å². The maximum Gasteiger partial charge on any atom is 0.160 e. The van der Waals surface area contributed by atoms with Crippen LogP contribution in [-0.2, 0) is 0 Å². The molecule has 1 unspecified atom stereocenters. The maximum atomic E-state index is 6.29. The van der Waals surface area contributed by atoms with Gasteiger partial charge in [0.05, 0.1) is 0 Å². The third-order valence-electron chi connectivity index (χ3n) is 9.50. The first-order valence-corrected chi connectivity index (χ1v) is 15.9. The minimum Gasteiger partial charge on any atom is -0.456 e. The number of para-hydroxylation sites is 1. The summed E-state index contributed by atoms with van der Waals surface area (Å²) >= 11 is 0. The Balaban J connectivity index is 1.26. The maximum absolute atomic E-state index is 6.29. The highest BCUT2D eigenvalue weighted by atomic mass is 16.3. The van der Waals surface area contributed by atoms with E-state index in [0.29, 0.717) is 5.84 Å². The van der Waals surface area contributed by atoms with Crippen LogP contribution in [0.1, 0.15) is 22.9 Å². The molecule has 4 heteroatoms. The van der Waals surface area contributed by atoms with Crippen LogP contribution in [0.25, 0.3) is 65.0 Å². The minimum atomic E-state index is -0.350. The molecule has 220 valence electrons. The molecule has 10 rings (SSSR count). The molecule has 1 N–H and O–H groups in total. The van der Waals surface area contributed by atoms with Crippen LogP contribution in [0.3, 0.4) is 0 Å². The average Bonchev–Trinajstić information content (AvgIpc) is 3.53. The Bertz CT molecular complexity index is 2790. The molecule has 0 spiro atoms. The molecule has 1 aromatic heterocycles. The van der Waals surface area contributed by atoms with E-state index in [0.717, 1.165) is 49.9 Å². The molecule has 0 fully saturated rings. The van der Waals surface area contributed by atoms with Crippen LogP contribution >= 0.6 is 0 Å². The first kappa shape index (κ1) is 26.0. The molecule has 0 radical (unpaired) electrons. The Kier molecular flexibility index (Phi) is 5.60. The number of rotatable bonds is 3. The number of nitrogens with one attached hydrogen (secondary N) is 1.